The molecule has 1 atom stereocenters. The number of benzene rings is 1. The molecule has 1 heterocycles. The third-order valence-electron chi connectivity index (χ3n) is 2.01. The minimum absolute atomic E-state index is 0. The Hall–Kier alpha value is -1.48. The topological polar surface area (TPSA) is 135 Å². The number of carbonyl (C=O) groups is 1. The normalized spacial score (nSPS) is 17.5. The first-order valence-corrected chi connectivity index (χ1v) is 6.07. The Morgan fingerprint density at radius 1 is 1.24 bits per heavy atom. The maximum absolute atomic E-state index is 11.4. The van der Waals surface area contributed by atoms with Crippen LogP contribution in [0.2, 0.25) is 0 Å². The first-order valence-electron chi connectivity index (χ1n) is 4.25. The molecule has 1 amide bonds. The van der Waals surface area contributed by atoms with Crippen molar-refractivity contribution in [3.8, 4) is 0 Å². The summed E-state index contributed by atoms with van der Waals surface area (Å²) in [5.41, 5.74) is 1.14. The average molecular weight is 263 g/mol. The van der Waals surface area contributed by atoms with Crippen LogP contribution < -0.4 is 5.32 Å². The number of para-hydroxylation sites is 1. The van der Waals surface area contributed by atoms with E-state index in [1.54, 1.807) is 24.3 Å². The van der Waals surface area contributed by atoms with Gasteiger partial charge in [-0.15, -0.1) is 0 Å². The van der Waals surface area contributed by atoms with Crippen LogP contribution in [0.25, 0.3) is 0 Å². The van der Waals surface area contributed by atoms with Crippen molar-refractivity contribution in [2.45, 2.75) is 6.10 Å². The molecular weight excluding hydrogens is 250 g/mol. The van der Waals surface area contributed by atoms with Gasteiger partial charge in [0, 0.05) is 11.3 Å². The van der Waals surface area contributed by atoms with Crippen LogP contribution in [0.1, 0.15) is 11.7 Å². The van der Waals surface area contributed by atoms with E-state index in [-0.39, 0.29) is 11.0 Å². The Kier molecular flexibility index (Phi) is 4.78. The van der Waals surface area contributed by atoms with Crippen molar-refractivity contribution in [3.05, 3.63) is 29.8 Å². The van der Waals surface area contributed by atoms with Crippen LogP contribution in [-0.2, 0) is 19.1 Å². The first-order chi connectivity index (χ1) is 6.97. The fourth-order valence-corrected chi connectivity index (χ4v) is 1.99. The summed E-state index contributed by atoms with van der Waals surface area (Å²) in [6, 6.07) is 6.82. The molecule has 0 saturated heterocycles. The maximum atomic E-state index is 11.4. The minimum Gasteiger partial charge on any atom is -0.412 e. The van der Waals surface area contributed by atoms with Crippen LogP contribution in [-0.4, -0.2) is 31.5 Å². The first kappa shape index (κ1) is 15.5. The van der Waals surface area contributed by atoms with Gasteiger partial charge in [0.25, 0.3) is 16.0 Å². The Morgan fingerprint density at radius 3 is 2.41 bits per heavy atom. The minimum atomic E-state index is -3.64. The standard InChI is InChI=1S/C9H9NO4S.2H2O/c1-15(12,13)14-8-6-4-2-3-5-7(6)10-9(8)11;;/h2-5,8H,1H3,(H,10,11);2*1H2. The summed E-state index contributed by atoms with van der Waals surface area (Å²) in [4.78, 5) is 11.4. The van der Waals surface area contributed by atoms with Crippen molar-refractivity contribution in [2.24, 2.45) is 0 Å². The summed E-state index contributed by atoms with van der Waals surface area (Å²) >= 11 is 0. The number of rotatable bonds is 2. The Bertz CT molecular complexity index is 512. The maximum Gasteiger partial charge on any atom is 0.265 e. The zero-order chi connectivity index (χ0) is 11.1. The lowest BCUT2D eigenvalue weighted by atomic mass is 10.1. The molecule has 0 aliphatic carbocycles. The van der Waals surface area contributed by atoms with Gasteiger partial charge >= 0.3 is 0 Å². The van der Waals surface area contributed by atoms with Gasteiger partial charge in [0.2, 0.25) is 0 Å². The van der Waals surface area contributed by atoms with Crippen LogP contribution in [0.4, 0.5) is 5.69 Å². The number of anilines is 1. The molecule has 0 spiro atoms. The molecule has 17 heavy (non-hydrogen) atoms. The molecule has 1 aromatic carbocycles. The Balaban J connectivity index is 0.00000128. The number of carbonyl (C=O) groups excluding carboxylic acids is 1. The van der Waals surface area contributed by atoms with Gasteiger partial charge in [-0.05, 0) is 6.07 Å². The summed E-state index contributed by atoms with van der Waals surface area (Å²) in [7, 11) is -3.64. The number of fused-ring (bicyclic) bond motifs is 1. The van der Waals surface area contributed by atoms with Gasteiger partial charge in [0.05, 0.1) is 6.26 Å². The molecule has 0 bridgehead atoms. The van der Waals surface area contributed by atoms with Crippen LogP contribution in [0.15, 0.2) is 24.3 Å². The molecule has 5 N–H and O–H groups in total. The molecular formula is C9H13NO6S. The van der Waals surface area contributed by atoms with Crippen molar-refractivity contribution >= 4 is 21.7 Å². The Labute approximate surface area is 98.1 Å². The summed E-state index contributed by atoms with van der Waals surface area (Å²) in [5.74, 6) is -0.457. The van der Waals surface area contributed by atoms with E-state index < -0.39 is 22.1 Å². The monoisotopic (exact) mass is 263 g/mol. The van der Waals surface area contributed by atoms with E-state index in [9.17, 15) is 13.2 Å². The summed E-state index contributed by atoms with van der Waals surface area (Å²) in [6.07, 6.45) is -0.141. The predicted molar refractivity (Wildman–Crippen MR) is 61.0 cm³/mol. The lowest BCUT2D eigenvalue weighted by Gasteiger charge is -2.07. The van der Waals surface area contributed by atoms with Crippen molar-refractivity contribution in [1.29, 1.82) is 0 Å². The van der Waals surface area contributed by atoms with Gasteiger partial charge in [-0.2, -0.15) is 8.42 Å². The molecule has 1 aromatic rings. The highest BCUT2D eigenvalue weighted by Gasteiger charge is 2.33. The molecule has 8 heteroatoms. The molecule has 7 nitrogen and oxygen atoms in total. The predicted octanol–water partition coefficient (Wildman–Crippen LogP) is -0.993. The van der Waals surface area contributed by atoms with E-state index >= 15 is 0 Å². The van der Waals surface area contributed by atoms with Crippen molar-refractivity contribution in [2.75, 3.05) is 11.6 Å². The van der Waals surface area contributed by atoms with Gasteiger partial charge in [-0.1, -0.05) is 18.2 Å². The van der Waals surface area contributed by atoms with Crippen molar-refractivity contribution in [3.63, 3.8) is 0 Å². The number of amides is 1. The lowest BCUT2D eigenvalue weighted by molar-refractivity contribution is -0.122. The highest BCUT2D eigenvalue weighted by molar-refractivity contribution is 7.86. The van der Waals surface area contributed by atoms with E-state index in [0.717, 1.165) is 6.26 Å². The van der Waals surface area contributed by atoms with E-state index in [1.807, 2.05) is 0 Å². The van der Waals surface area contributed by atoms with Crippen LogP contribution in [0, 0.1) is 0 Å². The second-order valence-corrected chi connectivity index (χ2v) is 4.86. The van der Waals surface area contributed by atoms with Crippen LogP contribution >= 0.6 is 0 Å². The van der Waals surface area contributed by atoms with Gasteiger partial charge in [-0.25, -0.2) is 0 Å². The molecule has 0 fully saturated rings. The Morgan fingerprint density at radius 2 is 1.82 bits per heavy atom. The van der Waals surface area contributed by atoms with Gasteiger partial charge in [-0.3, -0.25) is 8.98 Å². The molecule has 0 saturated carbocycles. The third-order valence-corrected chi connectivity index (χ3v) is 2.55. The zero-order valence-electron chi connectivity index (χ0n) is 8.93. The lowest BCUT2D eigenvalue weighted by Crippen LogP contribution is -2.18. The van der Waals surface area contributed by atoms with Crippen LogP contribution in [0.5, 0.6) is 0 Å². The molecule has 0 radical (unpaired) electrons. The summed E-state index contributed by atoms with van der Waals surface area (Å²) in [6.45, 7) is 0. The van der Waals surface area contributed by atoms with Gasteiger partial charge < -0.3 is 16.3 Å². The van der Waals surface area contributed by atoms with E-state index in [1.165, 1.54) is 0 Å². The second-order valence-electron chi connectivity index (χ2n) is 3.26. The van der Waals surface area contributed by atoms with Crippen LogP contribution in [0.3, 0.4) is 0 Å². The quantitative estimate of drug-likeness (QED) is 0.685. The fourth-order valence-electron chi connectivity index (χ4n) is 1.45. The fraction of sp³-hybridized carbons (Fsp3) is 0.222. The van der Waals surface area contributed by atoms with E-state index in [2.05, 4.69) is 5.32 Å². The van der Waals surface area contributed by atoms with Crippen molar-refractivity contribution in [1.82, 2.24) is 0 Å². The average Bonchev–Trinajstić information content (AvgIpc) is 2.41. The highest BCUT2D eigenvalue weighted by Crippen LogP contribution is 2.33. The number of nitrogens with one attached hydrogen (secondary N) is 1. The van der Waals surface area contributed by atoms with E-state index in [0.29, 0.717) is 11.3 Å². The number of hydrogen-bond acceptors (Lipinski definition) is 4. The molecule has 96 valence electrons. The second kappa shape index (κ2) is 5.23. The molecule has 1 aliphatic heterocycles. The third kappa shape index (κ3) is 3.24. The summed E-state index contributed by atoms with van der Waals surface area (Å²) in [5, 5.41) is 2.54. The largest absolute Gasteiger partial charge is 0.412 e. The van der Waals surface area contributed by atoms with Gasteiger partial charge in [0.1, 0.15) is 0 Å². The smallest absolute Gasteiger partial charge is 0.265 e. The molecule has 2 rings (SSSR count). The highest BCUT2D eigenvalue weighted by atomic mass is 32.2. The van der Waals surface area contributed by atoms with Gasteiger partial charge in [0.15, 0.2) is 6.10 Å². The zero-order valence-corrected chi connectivity index (χ0v) is 9.74. The van der Waals surface area contributed by atoms with E-state index in [4.69, 9.17) is 4.18 Å². The number of hydrogen-bond donors (Lipinski definition) is 1. The van der Waals surface area contributed by atoms with Crippen molar-refractivity contribution < 1.29 is 28.3 Å². The molecule has 1 aliphatic rings. The molecule has 1 unspecified atom stereocenters. The molecule has 0 aromatic heterocycles. The SMILES string of the molecule is CS(=O)(=O)OC1C(=O)Nc2ccccc21.O.O. The summed E-state index contributed by atoms with van der Waals surface area (Å²) < 4.78 is 26.6.